The monoisotopic (exact) mass is 187 g/mol. The summed E-state index contributed by atoms with van der Waals surface area (Å²) in [4.78, 5) is 0. The van der Waals surface area contributed by atoms with Crippen molar-refractivity contribution in [3.8, 4) is 0 Å². The van der Waals surface area contributed by atoms with Crippen LogP contribution >= 0.6 is 0 Å². The number of hydrogen-bond acceptors (Lipinski definition) is 3. The average molecular weight is 187 g/mol. The summed E-state index contributed by atoms with van der Waals surface area (Å²) in [5.41, 5.74) is 6.27. The van der Waals surface area contributed by atoms with Gasteiger partial charge in [0.1, 0.15) is 0 Å². The molecule has 3 nitrogen and oxygen atoms in total. The van der Waals surface area contributed by atoms with Gasteiger partial charge in [-0.3, -0.25) is 0 Å². The number of hydrogen-bond donors (Lipinski definition) is 1. The van der Waals surface area contributed by atoms with E-state index in [1.165, 1.54) is 6.42 Å². The predicted molar refractivity (Wildman–Crippen MR) is 54.7 cm³/mol. The molecule has 0 aliphatic rings. The van der Waals surface area contributed by atoms with Crippen LogP contribution in [0.25, 0.3) is 0 Å². The van der Waals surface area contributed by atoms with E-state index in [0.717, 1.165) is 18.6 Å². The van der Waals surface area contributed by atoms with Crippen LogP contribution in [0.2, 0.25) is 0 Å². The summed E-state index contributed by atoms with van der Waals surface area (Å²) in [7, 11) is 0. The van der Waals surface area contributed by atoms with Gasteiger partial charge in [0.25, 0.3) is 0 Å². The number of unbranched alkanes of at least 4 members (excludes halogenated alkanes) is 1. The standard InChI is InChI=1S/C10H21NO2/c1-3-4-5-12-6-7-13-9-10(2)8-11/h2-9,11H2,1H3. The van der Waals surface area contributed by atoms with Crippen molar-refractivity contribution in [2.45, 2.75) is 19.8 Å². The van der Waals surface area contributed by atoms with Crippen LogP contribution in [0.5, 0.6) is 0 Å². The van der Waals surface area contributed by atoms with Crippen molar-refractivity contribution in [3.63, 3.8) is 0 Å². The Kier molecular flexibility index (Phi) is 9.42. The predicted octanol–water partition coefficient (Wildman–Crippen LogP) is 1.33. The molecule has 0 unspecified atom stereocenters. The smallest absolute Gasteiger partial charge is 0.0704 e. The largest absolute Gasteiger partial charge is 0.379 e. The molecule has 0 spiro atoms. The van der Waals surface area contributed by atoms with Crippen LogP contribution in [0.1, 0.15) is 19.8 Å². The molecule has 0 aliphatic carbocycles. The minimum absolute atomic E-state index is 0.497. The summed E-state index contributed by atoms with van der Waals surface area (Å²) in [6.07, 6.45) is 2.29. The van der Waals surface area contributed by atoms with Crippen LogP contribution in [-0.2, 0) is 9.47 Å². The number of ether oxygens (including phenoxy) is 2. The van der Waals surface area contributed by atoms with Crippen LogP contribution in [0.3, 0.4) is 0 Å². The lowest BCUT2D eigenvalue weighted by molar-refractivity contribution is 0.0549. The quantitative estimate of drug-likeness (QED) is 0.437. The van der Waals surface area contributed by atoms with E-state index in [4.69, 9.17) is 15.2 Å². The molecule has 2 N–H and O–H groups in total. The maximum atomic E-state index is 5.34. The summed E-state index contributed by atoms with van der Waals surface area (Å²) in [6, 6.07) is 0. The van der Waals surface area contributed by atoms with Crippen molar-refractivity contribution in [2.75, 3.05) is 33.0 Å². The van der Waals surface area contributed by atoms with Crippen LogP contribution in [0.4, 0.5) is 0 Å². The van der Waals surface area contributed by atoms with Gasteiger partial charge in [-0.1, -0.05) is 19.9 Å². The highest BCUT2D eigenvalue weighted by Gasteiger charge is 1.91. The molecular formula is C10H21NO2. The van der Waals surface area contributed by atoms with E-state index in [1.807, 2.05) is 0 Å². The minimum Gasteiger partial charge on any atom is -0.379 e. The third kappa shape index (κ3) is 9.53. The van der Waals surface area contributed by atoms with Gasteiger partial charge in [-0.25, -0.2) is 0 Å². The lowest BCUT2D eigenvalue weighted by Crippen LogP contribution is -2.11. The maximum absolute atomic E-state index is 5.34. The molecule has 0 atom stereocenters. The fourth-order valence-corrected chi connectivity index (χ4v) is 0.742. The van der Waals surface area contributed by atoms with E-state index in [-0.39, 0.29) is 0 Å². The molecule has 0 heterocycles. The Bertz CT molecular complexity index is 126. The second kappa shape index (κ2) is 9.71. The second-order valence-corrected chi connectivity index (χ2v) is 2.97. The van der Waals surface area contributed by atoms with E-state index in [9.17, 15) is 0 Å². The molecule has 0 fully saturated rings. The molecule has 0 radical (unpaired) electrons. The van der Waals surface area contributed by atoms with Crippen molar-refractivity contribution < 1.29 is 9.47 Å². The third-order valence-electron chi connectivity index (χ3n) is 1.61. The van der Waals surface area contributed by atoms with E-state index >= 15 is 0 Å². The molecule has 0 aromatic heterocycles. The van der Waals surface area contributed by atoms with Gasteiger partial charge >= 0.3 is 0 Å². The Morgan fingerprint density at radius 2 is 1.92 bits per heavy atom. The highest BCUT2D eigenvalue weighted by Crippen LogP contribution is 1.90. The molecule has 0 aromatic rings. The minimum atomic E-state index is 0.497. The molecule has 78 valence electrons. The highest BCUT2D eigenvalue weighted by molar-refractivity contribution is 4.95. The molecule has 3 heteroatoms. The highest BCUT2D eigenvalue weighted by atomic mass is 16.5. The van der Waals surface area contributed by atoms with Gasteiger partial charge in [-0.05, 0) is 12.0 Å². The fraction of sp³-hybridized carbons (Fsp3) is 0.800. The molecule has 0 saturated carbocycles. The van der Waals surface area contributed by atoms with Gasteiger partial charge in [-0.2, -0.15) is 0 Å². The molecule has 0 aromatic carbocycles. The summed E-state index contributed by atoms with van der Waals surface area (Å²) < 4.78 is 10.6. The molecule has 0 bridgehead atoms. The number of rotatable bonds is 9. The Morgan fingerprint density at radius 1 is 1.23 bits per heavy atom. The zero-order valence-electron chi connectivity index (χ0n) is 8.55. The number of nitrogens with two attached hydrogens (primary N) is 1. The van der Waals surface area contributed by atoms with E-state index in [1.54, 1.807) is 0 Å². The van der Waals surface area contributed by atoms with Gasteiger partial charge in [-0.15, -0.1) is 0 Å². The molecule has 13 heavy (non-hydrogen) atoms. The van der Waals surface area contributed by atoms with Crippen molar-refractivity contribution >= 4 is 0 Å². The summed E-state index contributed by atoms with van der Waals surface area (Å²) in [6.45, 7) is 9.04. The van der Waals surface area contributed by atoms with Gasteiger partial charge < -0.3 is 15.2 Å². The van der Waals surface area contributed by atoms with Gasteiger partial charge in [0.2, 0.25) is 0 Å². The normalized spacial score (nSPS) is 10.3. The molecule has 0 saturated heterocycles. The van der Waals surface area contributed by atoms with Crippen LogP contribution in [0, 0.1) is 0 Å². The van der Waals surface area contributed by atoms with Gasteiger partial charge in [0.05, 0.1) is 19.8 Å². The van der Waals surface area contributed by atoms with E-state index in [0.29, 0.717) is 26.4 Å². The first-order valence-electron chi connectivity index (χ1n) is 4.83. The zero-order valence-corrected chi connectivity index (χ0v) is 8.55. The summed E-state index contributed by atoms with van der Waals surface area (Å²) >= 11 is 0. The first-order chi connectivity index (χ1) is 6.31. The Balaban J connectivity index is 2.95. The molecule has 0 amide bonds. The van der Waals surface area contributed by atoms with Crippen LogP contribution in [-0.4, -0.2) is 33.0 Å². The zero-order chi connectivity index (χ0) is 9.94. The fourth-order valence-electron chi connectivity index (χ4n) is 0.742. The maximum Gasteiger partial charge on any atom is 0.0704 e. The van der Waals surface area contributed by atoms with Crippen LogP contribution in [0.15, 0.2) is 12.2 Å². The van der Waals surface area contributed by atoms with Crippen molar-refractivity contribution in [2.24, 2.45) is 5.73 Å². The summed E-state index contributed by atoms with van der Waals surface area (Å²) in [5, 5.41) is 0. The first kappa shape index (κ1) is 12.6. The summed E-state index contributed by atoms with van der Waals surface area (Å²) in [5.74, 6) is 0. The molecule has 0 aliphatic heterocycles. The lowest BCUT2D eigenvalue weighted by Gasteiger charge is -2.05. The van der Waals surface area contributed by atoms with Gasteiger partial charge in [0, 0.05) is 13.2 Å². The Morgan fingerprint density at radius 3 is 2.54 bits per heavy atom. The SMILES string of the molecule is C=C(CN)COCCOCCCC. The lowest BCUT2D eigenvalue weighted by atomic mass is 10.3. The second-order valence-electron chi connectivity index (χ2n) is 2.97. The Labute approximate surface area is 80.9 Å². The Hall–Kier alpha value is -0.380. The van der Waals surface area contributed by atoms with E-state index in [2.05, 4.69) is 13.5 Å². The van der Waals surface area contributed by atoms with Crippen LogP contribution < -0.4 is 5.73 Å². The third-order valence-corrected chi connectivity index (χ3v) is 1.61. The van der Waals surface area contributed by atoms with Crippen molar-refractivity contribution in [1.29, 1.82) is 0 Å². The topological polar surface area (TPSA) is 44.5 Å². The first-order valence-corrected chi connectivity index (χ1v) is 4.83. The van der Waals surface area contributed by atoms with Crippen molar-refractivity contribution in [1.82, 2.24) is 0 Å². The molecular weight excluding hydrogens is 166 g/mol. The van der Waals surface area contributed by atoms with Crippen molar-refractivity contribution in [3.05, 3.63) is 12.2 Å². The van der Waals surface area contributed by atoms with E-state index < -0.39 is 0 Å². The average Bonchev–Trinajstić information content (AvgIpc) is 2.16. The molecule has 0 rings (SSSR count). The van der Waals surface area contributed by atoms with Gasteiger partial charge in [0.15, 0.2) is 0 Å².